The summed E-state index contributed by atoms with van der Waals surface area (Å²) in [5.41, 5.74) is 0.302. The summed E-state index contributed by atoms with van der Waals surface area (Å²) in [6.45, 7) is 2.45. The van der Waals surface area contributed by atoms with Crippen molar-refractivity contribution in [2.75, 3.05) is 11.9 Å². The van der Waals surface area contributed by atoms with Crippen LogP contribution in [0.15, 0.2) is 40.7 Å². The number of carbonyl (C=O) groups is 1. The van der Waals surface area contributed by atoms with Gasteiger partial charge < -0.3 is 0 Å². The molecule has 6 nitrogen and oxygen atoms in total. The Morgan fingerprint density at radius 2 is 2.21 bits per heavy atom. The van der Waals surface area contributed by atoms with Crippen LogP contribution in [-0.4, -0.2) is 36.2 Å². The zero-order chi connectivity index (χ0) is 17.2. The zero-order valence-electron chi connectivity index (χ0n) is 13.3. The summed E-state index contributed by atoms with van der Waals surface area (Å²) in [6.07, 6.45) is 4.37. The number of thiazole rings is 1. The number of piperidine rings is 1. The second-order valence-electron chi connectivity index (χ2n) is 5.78. The molecule has 3 rings (SSSR count). The van der Waals surface area contributed by atoms with Gasteiger partial charge in [0.05, 0.1) is 4.90 Å². The molecule has 1 aliphatic heterocycles. The van der Waals surface area contributed by atoms with Crippen molar-refractivity contribution in [1.29, 1.82) is 0 Å². The van der Waals surface area contributed by atoms with E-state index < -0.39 is 10.0 Å². The molecule has 1 aromatic heterocycles. The van der Waals surface area contributed by atoms with E-state index in [4.69, 9.17) is 0 Å². The SMILES string of the molecule is CC1CCCCN1S(=O)(=O)c1cccc(C(=O)Nc2nccs2)c1. The maximum atomic E-state index is 12.9. The van der Waals surface area contributed by atoms with Crippen LogP contribution in [0.1, 0.15) is 36.5 Å². The second-order valence-corrected chi connectivity index (χ2v) is 8.56. The quantitative estimate of drug-likeness (QED) is 0.903. The van der Waals surface area contributed by atoms with Gasteiger partial charge in [-0.25, -0.2) is 13.4 Å². The molecule has 1 atom stereocenters. The first kappa shape index (κ1) is 17.1. The third-order valence-electron chi connectivity index (χ3n) is 4.10. The van der Waals surface area contributed by atoms with Crippen molar-refractivity contribution in [3.8, 4) is 0 Å². The van der Waals surface area contributed by atoms with Gasteiger partial charge in [0.15, 0.2) is 5.13 Å². The summed E-state index contributed by atoms with van der Waals surface area (Å²) in [4.78, 5) is 16.4. The van der Waals surface area contributed by atoms with Gasteiger partial charge in [-0.05, 0) is 38.0 Å². The fourth-order valence-electron chi connectivity index (χ4n) is 2.82. The molecule has 128 valence electrons. The molecule has 0 radical (unpaired) electrons. The number of hydrogen-bond donors (Lipinski definition) is 1. The van der Waals surface area contributed by atoms with E-state index in [2.05, 4.69) is 10.3 Å². The summed E-state index contributed by atoms with van der Waals surface area (Å²) in [7, 11) is -3.59. The van der Waals surface area contributed by atoms with E-state index in [1.54, 1.807) is 23.7 Å². The molecule has 8 heteroatoms. The Morgan fingerprint density at radius 3 is 2.92 bits per heavy atom. The summed E-state index contributed by atoms with van der Waals surface area (Å²) < 4.78 is 27.3. The van der Waals surface area contributed by atoms with Crippen molar-refractivity contribution in [3.05, 3.63) is 41.4 Å². The first-order chi connectivity index (χ1) is 11.5. The van der Waals surface area contributed by atoms with E-state index in [-0.39, 0.29) is 16.8 Å². The van der Waals surface area contributed by atoms with Gasteiger partial charge in [0.2, 0.25) is 10.0 Å². The van der Waals surface area contributed by atoms with Crippen LogP contribution >= 0.6 is 11.3 Å². The number of benzene rings is 1. The van der Waals surface area contributed by atoms with Crippen molar-refractivity contribution in [2.45, 2.75) is 37.1 Å². The van der Waals surface area contributed by atoms with Gasteiger partial charge in [-0.15, -0.1) is 11.3 Å². The Balaban J connectivity index is 1.85. The lowest BCUT2D eigenvalue weighted by Gasteiger charge is -2.32. The molecule has 2 aromatic rings. The van der Waals surface area contributed by atoms with Gasteiger partial charge in [-0.2, -0.15) is 4.31 Å². The lowest BCUT2D eigenvalue weighted by molar-refractivity contribution is 0.102. The molecule has 0 spiro atoms. The van der Waals surface area contributed by atoms with Crippen LogP contribution in [0.3, 0.4) is 0 Å². The fraction of sp³-hybridized carbons (Fsp3) is 0.375. The summed E-state index contributed by atoms with van der Waals surface area (Å²) in [5, 5.41) is 4.91. The summed E-state index contributed by atoms with van der Waals surface area (Å²) in [6, 6.07) is 6.15. The predicted octanol–water partition coefficient (Wildman–Crippen LogP) is 2.96. The van der Waals surface area contributed by atoms with Gasteiger partial charge in [0, 0.05) is 29.7 Å². The highest BCUT2D eigenvalue weighted by Crippen LogP contribution is 2.25. The molecule has 1 aromatic carbocycles. The van der Waals surface area contributed by atoms with Crippen LogP contribution < -0.4 is 5.32 Å². The molecule has 1 unspecified atom stereocenters. The van der Waals surface area contributed by atoms with E-state index in [0.29, 0.717) is 17.2 Å². The minimum Gasteiger partial charge on any atom is -0.298 e. The third kappa shape index (κ3) is 3.50. The molecule has 1 amide bonds. The molecule has 1 fully saturated rings. The normalized spacial score (nSPS) is 19.1. The summed E-state index contributed by atoms with van der Waals surface area (Å²) >= 11 is 1.31. The maximum Gasteiger partial charge on any atom is 0.257 e. The Bertz CT molecular complexity index is 819. The van der Waals surface area contributed by atoms with Crippen LogP contribution in [0.2, 0.25) is 0 Å². The monoisotopic (exact) mass is 365 g/mol. The van der Waals surface area contributed by atoms with Crippen LogP contribution in [0.25, 0.3) is 0 Å². The summed E-state index contributed by atoms with van der Waals surface area (Å²) in [5.74, 6) is -0.367. The average molecular weight is 365 g/mol. The van der Waals surface area contributed by atoms with Crippen molar-refractivity contribution >= 4 is 32.4 Å². The minimum absolute atomic E-state index is 0.0171. The first-order valence-corrected chi connectivity index (χ1v) is 10.1. The smallest absolute Gasteiger partial charge is 0.257 e. The fourth-order valence-corrected chi connectivity index (χ4v) is 5.09. The number of nitrogens with zero attached hydrogens (tertiary/aromatic N) is 2. The Kier molecular flexibility index (Phi) is 4.98. The number of hydrogen-bond acceptors (Lipinski definition) is 5. The van der Waals surface area contributed by atoms with Gasteiger partial charge in [0.1, 0.15) is 0 Å². The highest BCUT2D eigenvalue weighted by molar-refractivity contribution is 7.89. The highest BCUT2D eigenvalue weighted by atomic mass is 32.2. The lowest BCUT2D eigenvalue weighted by atomic mass is 10.1. The van der Waals surface area contributed by atoms with Crippen molar-refractivity contribution in [3.63, 3.8) is 0 Å². The van der Waals surface area contributed by atoms with Crippen molar-refractivity contribution in [1.82, 2.24) is 9.29 Å². The van der Waals surface area contributed by atoms with E-state index >= 15 is 0 Å². The van der Waals surface area contributed by atoms with E-state index in [9.17, 15) is 13.2 Å². The number of amides is 1. The van der Waals surface area contributed by atoms with E-state index in [1.807, 2.05) is 6.92 Å². The van der Waals surface area contributed by atoms with Gasteiger partial charge in [-0.3, -0.25) is 10.1 Å². The van der Waals surface area contributed by atoms with Crippen LogP contribution in [0, 0.1) is 0 Å². The van der Waals surface area contributed by atoms with Gasteiger partial charge in [0.25, 0.3) is 5.91 Å². The standard InChI is InChI=1S/C16H19N3O3S2/c1-12-5-2-3-9-19(12)24(21,22)14-7-4-6-13(11-14)15(20)18-16-17-8-10-23-16/h4,6-8,10-12H,2-3,5,9H2,1H3,(H,17,18,20). The Morgan fingerprint density at radius 1 is 1.38 bits per heavy atom. The molecule has 0 aliphatic carbocycles. The number of anilines is 1. The molecule has 1 saturated heterocycles. The van der Waals surface area contributed by atoms with E-state index in [1.165, 1.54) is 27.8 Å². The molecular formula is C16H19N3O3S2. The molecule has 1 aliphatic rings. The van der Waals surface area contributed by atoms with Crippen molar-refractivity contribution in [2.24, 2.45) is 0 Å². The van der Waals surface area contributed by atoms with Crippen LogP contribution in [0.5, 0.6) is 0 Å². The van der Waals surface area contributed by atoms with Crippen LogP contribution in [0.4, 0.5) is 5.13 Å². The van der Waals surface area contributed by atoms with E-state index in [0.717, 1.165) is 19.3 Å². The van der Waals surface area contributed by atoms with Crippen molar-refractivity contribution < 1.29 is 13.2 Å². The molecule has 0 saturated carbocycles. The predicted molar refractivity (Wildman–Crippen MR) is 93.7 cm³/mol. The van der Waals surface area contributed by atoms with Crippen LogP contribution in [-0.2, 0) is 10.0 Å². The number of carbonyl (C=O) groups excluding carboxylic acids is 1. The van der Waals surface area contributed by atoms with Gasteiger partial charge >= 0.3 is 0 Å². The number of sulfonamides is 1. The third-order valence-corrected chi connectivity index (χ3v) is 6.80. The average Bonchev–Trinajstić information content (AvgIpc) is 3.08. The number of nitrogens with one attached hydrogen (secondary N) is 1. The maximum absolute atomic E-state index is 12.9. The Labute approximate surface area is 145 Å². The Hall–Kier alpha value is -1.77. The molecule has 2 heterocycles. The topological polar surface area (TPSA) is 79.4 Å². The molecular weight excluding hydrogens is 346 g/mol. The molecule has 0 bridgehead atoms. The van der Waals surface area contributed by atoms with Gasteiger partial charge in [-0.1, -0.05) is 12.5 Å². The molecule has 24 heavy (non-hydrogen) atoms. The number of rotatable bonds is 4. The lowest BCUT2D eigenvalue weighted by Crippen LogP contribution is -2.41. The minimum atomic E-state index is -3.59. The highest BCUT2D eigenvalue weighted by Gasteiger charge is 2.31. The first-order valence-electron chi connectivity index (χ1n) is 7.81. The number of aromatic nitrogens is 1. The largest absolute Gasteiger partial charge is 0.298 e. The molecule has 1 N–H and O–H groups in total. The zero-order valence-corrected chi connectivity index (χ0v) is 14.9. The second kappa shape index (κ2) is 7.00.